The second-order valence-corrected chi connectivity index (χ2v) is 10.5. The number of nitrogen functional groups attached to an aromatic ring is 1. The second-order valence-electron chi connectivity index (χ2n) is 7.57. The van der Waals surface area contributed by atoms with Gasteiger partial charge in [-0.3, -0.25) is 0 Å². The standard InChI is InChI=1S/C18H22FIN6O2S/c19-18-24-16(21)15-17(25-18)26(5-2-6-29(22,27)28)14(23-15)9-12-7-10-3-1-4-11(10)8-13(12)20/h8,12H,1-7,9H2,(H2,21,24,25)(H2,22,27,28). The maximum atomic E-state index is 13.8. The molecule has 0 aromatic carbocycles. The largest absolute Gasteiger partial charge is 0.382 e. The van der Waals surface area contributed by atoms with Gasteiger partial charge in [0, 0.05) is 18.9 Å². The zero-order valence-electron chi connectivity index (χ0n) is 15.7. The summed E-state index contributed by atoms with van der Waals surface area (Å²) in [6, 6.07) is 0. The number of nitrogens with two attached hydrogens (primary N) is 2. The van der Waals surface area contributed by atoms with Crippen molar-refractivity contribution < 1.29 is 12.8 Å². The fourth-order valence-corrected chi connectivity index (χ4v) is 5.51. The predicted octanol–water partition coefficient (Wildman–Crippen LogP) is 2.59. The van der Waals surface area contributed by atoms with Gasteiger partial charge in [-0.25, -0.2) is 18.5 Å². The van der Waals surface area contributed by atoms with Gasteiger partial charge in [-0.2, -0.15) is 14.4 Å². The summed E-state index contributed by atoms with van der Waals surface area (Å²) in [5.74, 6) is 0.788. The highest BCUT2D eigenvalue weighted by atomic mass is 127. The molecule has 2 aliphatic carbocycles. The summed E-state index contributed by atoms with van der Waals surface area (Å²) in [6.07, 6.45) is 6.73. The highest BCUT2D eigenvalue weighted by Crippen LogP contribution is 2.42. The maximum Gasteiger partial charge on any atom is 0.312 e. The second kappa shape index (κ2) is 7.91. The molecule has 0 amide bonds. The van der Waals surface area contributed by atoms with Crippen LogP contribution in [-0.4, -0.2) is 33.7 Å². The normalized spacial score (nSPS) is 19.7. The Hall–Kier alpha value is -1.60. The van der Waals surface area contributed by atoms with Crippen LogP contribution in [0, 0.1) is 12.0 Å². The van der Waals surface area contributed by atoms with Crippen molar-refractivity contribution in [2.75, 3.05) is 11.5 Å². The number of aryl methyl sites for hydroxylation is 1. The molecule has 11 heteroatoms. The number of sulfonamides is 1. The minimum Gasteiger partial charge on any atom is -0.382 e. The molecule has 1 unspecified atom stereocenters. The number of nitrogens with zero attached hydrogens (tertiary/aromatic N) is 4. The van der Waals surface area contributed by atoms with Crippen LogP contribution in [0.15, 0.2) is 20.8 Å². The molecule has 0 saturated heterocycles. The molecule has 2 aromatic rings. The van der Waals surface area contributed by atoms with Crippen LogP contribution in [0.2, 0.25) is 0 Å². The molecule has 0 fully saturated rings. The van der Waals surface area contributed by atoms with E-state index in [1.165, 1.54) is 21.1 Å². The van der Waals surface area contributed by atoms with Gasteiger partial charge >= 0.3 is 6.08 Å². The lowest BCUT2D eigenvalue weighted by Crippen LogP contribution is -2.19. The first kappa shape index (κ1) is 20.7. The Labute approximate surface area is 181 Å². The van der Waals surface area contributed by atoms with E-state index in [0.29, 0.717) is 24.3 Å². The number of rotatable bonds is 6. The van der Waals surface area contributed by atoms with Crippen LogP contribution in [0.3, 0.4) is 0 Å². The average molecular weight is 532 g/mol. The SMILES string of the molecule is Nc1nc(F)nc2c1nc(CC1CC3=C(C=C1I)CCC3)n2CCCS(N)(=O)=O. The number of halogens is 2. The quantitative estimate of drug-likeness (QED) is 0.435. The van der Waals surface area contributed by atoms with E-state index in [4.69, 9.17) is 10.9 Å². The van der Waals surface area contributed by atoms with E-state index in [0.717, 1.165) is 19.3 Å². The molecule has 4 N–H and O–H groups in total. The van der Waals surface area contributed by atoms with Crippen LogP contribution in [0.25, 0.3) is 11.2 Å². The lowest BCUT2D eigenvalue weighted by atomic mass is 9.88. The number of allylic oxidation sites excluding steroid dienone is 4. The number of aromatic nitrogens is 4. The Morgan fingerprint density at radius 1 is 1.28 bits per heavy atom. The fraction of sp³-hybridized carbons (Fsp3) is 0.500. The minimum absolute atomic E-state index is 0.0198. The molecule has 156 valence electrons. The van der Waals surface area contributed by atoms with E-state index in [9.17, 15) is 12.8 Å². The number of imidazole rings is 1. The molecule has 0 aliphatic heterocycles. The maximum absolute atomic E-state index is 13.8. The number of fused-ring (bicyclic) bond motifs is 1. The van der Waals surface area contributed by atoms with Gasteiger partial charge in [0.2, 0.25) is 10.0 Å². The molecule has 2 aromatic heterocycles. The molecular formula is C18H22FIN6O2S. The summed E-state index contributed by atoms with van der Waals surface area (Å²) < 4.78 is 39.5. The molecule has 2 heterocycles. The monoisotopic (exact) mass is 532 g/mol. The molecule has 8 nitrogen and oxygen atoms in total. The van der Waals surface area contributed by atoms with Crippen molar-refractivity contribution in [3.63, 3.8) is 0 Å². The van der Waals surface area contributed by atoms with E-state index in [1.807, 2.05) is 0 Å². The number of primary sulfonamides is 1. The summed E-state index contributed by atoms with van der Waals surface area (Å²) in [5, 5.41) is 5.12. The van der Waals surface area contributed by atoms with Gasteiger partial charge in [-0.15, -0.1) is 0 Å². The number of anilines is 1. The van der Waals surface area contributed by atoms with Gasteiger partial charge < -0.3 is 10.3 Å². The third-order valence-corrected chi connectivity index (χ3v) is 7.54. The first-order valence-electron chi connectivity index (χ1n) is 9.48. The fourth-order valence-electron chi connectivity index (χ4n) is 4.16. The Bertz CT molecular complexity index is 1140. The van der Waals surface area contributed by atoms with Crippen molar-refractivity contribution >= 4 is 49.6 Å². The van der Waals surface area contributed by atoms with Crippen molar-refractivity contribution in [3.8, 4) is 0 Å². The molecule has 0 bridgehead atoms. The third-order valence-electron chi connectivity index (χ3n) is 5.49. The van der Waals surface area contributed by atoms with Crippen molar-refractivity contribution in [1.82, 2.24) is 19.5 Å². The lowest BCUT2D eigenvalue weighted by Gasteiger charge is -2.23. The van der Waals surface area contributed by atoms with E-state index < -0.39 is 16.1 Å². The molecular weight excluding hydrogens is 510 g/mol. The van der Waals surface area contributed by atoms with Crippen molar-refractivity contribution in [2.24, 2.45) is 11.1 Å². The minimum atomic E-state index is -3.59. The Morgan fingerprint density at radius 3 is 2.83 bits per heavy atom. The summed E-state index contributed by atoms with van der Waals surface area (Å²) in [4.78, 5) is 12.0. The Balaban J connectivity index is 1.66. The first-order valence-corrected chi connectivity index (χ1v) is 12.3. The van der Waals surface area contributed by atoms with Gasteiger partial charge in [0.15, 0.2) is 17.0 Å². The Kier molecular flexibility index (Phi) is 5.64. The van der Waals surface area contributed by atoms with Gasteiger partial charge in [0.25, 0.3) is 0 Å². The van der Waals surface area contributed by atoms with Crippen LogP contribution in [-0.2, 0) is 23.0 Å². The van der Waals surface area contributed by atoms with Crippen molar-refractivity contribution in [3.05, 3.63) is 32.7 Å². The van der Waals surface area contributed by atoms with Crippen molar-refractivity contribution in [1.29, 1.82) is 0 Å². The van der Waals surface area contributed by atoms with E-state index in [1.54, 1.807) is 4.57 Å². The number of hydrogen-bond donors (Lipinski definition) is 2. The molecule has 1 atom stereocenters. The molecule has 4 rings (SSSR count). The first-order chi connectivity index (χ1) is 13.7. The van der Waals surface area contributed by atoms with Crippen LogP contribution in [0.1, 0.15) is 37.9 Å². The summed E-state index contributed by atoms with van der Waals surface area (Å²) in [7, 11) is -3.59. The predicted molar refractivity (Wildman–Crippen MR) is 117 cm³/mol. The topological polar surface area (TPSA) is 130 Å². The zero-order valence-corrected chi connectivity index (χ0v) is 18.7. The van der Waals surface area contributed by atoms with E-state index in [2.05, 4.69) is 43.6 Å². The van der Waals surface area contributed by atoms with Crippen LogP contribution < -0.4 is 10.9 Å². The molecule has 2 aliphatic rings. The Morgan fingerprint density at radius 2 is 2.07 bits per heavy atom. The molecule has 0 saturated carbocycles. The molecule has 0 radical (unpaired) electrons. The average Bonchev–Trinajstić information content (AvgIpc) is 3.19. The summed E-state index contributed by atoms with van der Waals surface area (Å²) in [5.41, 5.74) is 9.47. The molecule has 0 spiro atoms. The highest BCUT2D eigenvalue weighted by Gasteiger charge is 2.27. The van der Waals surface area contributed by atoms with Crippen LogP contribution in [0.4, 0.5) is 10.2 Å². The van der Waals surface area contributed by atoms with Crippen LogP contribution in [0.5, 0.6) is 0 Å². The lowest BCUT2D eigenvalue weighted by molar-refractivity contribution is 0.535. The zero-order chi connectivity index (χ0) is 20.8. The smallest absolute Gasteiger partial charge is 0.312 e. The number of hydrogen-bond acceptors (Lipinski definition) is 6. The third kappa shape index (κ3) is 4.45. The summed E-state index contributed by atoms with van der Waals surface area (Å²) >= 11 is 2.38. The van der Waals surface area contributed by atoms with Gasteiger partial charge in [0.05, 0.1) is 5.75 Å². The van der Waals surface area contributed by atoms with Gasteiger partial charge in [-0.1, -0.05) is 5.57 Å². The highest BCUT2D eigenvalue weighted by molar-refractivity contribution is 14.1. The van der Waals surface area contributed by atoms with E-state index >= 15 is 0 Å². The van der Waals surface area contributed by atoms with Gasteiger partial charge in [0.1, 0.15) is 5.82 Å². The summed E-state index contributed by atoms with van der Waals surface area (Å²) in [6.45, 7) is 0.305. The van der Waals surface area contributed by atoms with Crippen molar-refractivity contribution in [2.45, 2.75) is 45.1 Å². The van der Waals surface area contributed by atoms with Crippen LogP contribution >= 0.6 is 22.6 Å². The molecule has 29 heavy (non-hydrogen) atoms. The van der Waals surface area contributed by atoms with Gasteiger partial charge in [-0.05, 0) is 69.9 Å². The van der Waals surface area contributed by atoms with E-state index in [-0.39, 0.29) is 29.6 Å².